The molecule has 0 aliphatic carbocycles. The van der Waals surface area contributed by atoms with Crippen molar-refractivity contribution >= 4 is 69.7 Å². The van der Waals surface area contributed by atoms with Gasteiger partial charge in [-0.1, -0.05) is 35.3 Å². The van der Waals surface area contributed by atoms with E-state index in [9.17, 15) is 19.2 Å². The molecule has 0 saturated heterocycles. The first-order chi connectivity index (χ1) is 20.2. The van der Waals surface area contributed by atoms with Crippen LogP contribution >= 0.6 is 34.5 Å². The normalized spacial score (nSPS) is 14.5. The van der Waals surface area contributed by atoms with Gasteiger partial charge in [0.25, 0.3) is 11.8 Å². The number of aromatic nitrogens is 2. The quantitative estimate of drug-likeness (QED) is 0.248. The molecule has 0 fully saturated rings. The molecular formula is C29H23Cl2N5O5S. The molecule has 10 nitrogen and oxygen atoms in total. The molecule has 3 amide bonds. The number of rotatable bonds is 8. The molecule has 13 heteroatoms. The lowest BCUT2D eigenvalue weighted by atomic mass is 10.1. The zero-order chi connectivity index (χ0) is 29.8. The number of esters is 1. The van der Waals surface area contributed by atoms with E-state index in [2.05, 4.69) is 20.6 Å². The van der Waals surface area contributed by atoms with Gasteiger partial charge >= 0.3 is 5.97 Å². The summed E-state index contributed by atoms with van der Waals surface area (Å²) in [6.45, 7) is 1.98. The summed E-state index contributed by atoms with van der Waals surface area (Å²) in [5.74, 6) is -1.54. The highest BCUT2D eigenvalue weighted by Crippen LogP contribution is 2.35. The maximum Gasteiger partial charge on any atom is 0.339 e. The molecule has 1 aliphatic heterocycles. The van der Waals surface area contributed by atoms with Crippen molar-refractivity contribution in [2.45, 2.75) is 25.9 Å². The van der Waals surface area contributed by atoms with E-state index in [0.717, 1.165) is 11.3 Å². The average Bonchev–Trinajstić information content (AvgIpc) is 3.31. The number of anilines is 2. The van der Waals surface area contributed by atoms with Gasteiger partial charge in [-0.05, 0) is 55.0 Å². The number of hydrogen-bond acceptors (Lipinski definition) is 8. The van der Waals surface area contributed by atoms with Crippen LogP contribution in [-0.4, -0.2) is 51.2 Å². The Kier molecular flexibility index (Phi) is 8.81. The third-order valence-corrected chi connectivity index (χ3v) is 7.93. The summed E-state index contributed by atoms with van der Waals surface area (Å²) in [5, 5.41) is 5.60. The summed E-state index contributed by atoms with van der Waals surface area (Å²) in [5.41, 5.74) is 2.04. The van der Waals surface area contributed by atoms with Crippen LogP contribution in [0.5, 0.6) is 0 Å². The van der Waals surface area contributed by atoms with Crippen molar-refractivity contribution < 1.29 is 23.9 Å². The Morgan fingerprint density at radius 2 is 1.93 bits per heavy atom. The smallest absolute Gasteiger partial charge is 0.339 e. The predicted molar refractivity (Wildman–Crippen MR) is 159 cm³/mol. The van der Waals surface area contributed by atoms with Crippen LogP contribution in [-0.2, 0) is 22.5 Å². The third-order valence-electron chi connectivity index (χ3n) is 6.37. The summed E-state index contributed by atoms with van der Waals surface area (Å²) in [4.78, 5) is 62.0. The van der Waals surface area contributed by atoms with Crippen LogP contribution in [0.4, 0.5) is 11.5 Å². The number of nitrogens with one attached hydrogen (secondary N) is 2. The minimum absolute atomic E-state index is 0.0389. The van der Waals surface area contributed by atoms with Crippen molar-refractivity contribution in [3.8, 4) is 0 Å². The predicted octanol–water partition coefficient (Wildman–Crippen LogP) is 5.48. The lowest BCUT2D eigenvalue weighted by molar-refractivity contribution is -0.120. The molecule has 5 rings (SSSR count). The van der Waals surface area contributed by atoms with E-state index in [1.807, 2.05) is 6.07 Å². The number of pyridine rings is 2. The number of hydrogen-bond donors (Lipinski definition) is 2. The Balaban J connectivity index is 1.36. The second-order valence-corrected chi connectivity index (χ2v) is 11.3. The van der Waals surface area contributed by atoms with E-state index < -0.39 is 17.9 Å². The van der Waals surface area contributed by atoms with E-state index in [1.165, 1.54) is 29.3 Å². The number of amides is 3. The number of carbonyl (C=O) groups excluding carboxylic acids is 4. The summed E-state index contributed by atoms with van der Waals surface area (Å²) >= 11 is 13.7. The Bertz CT molecular complexity index is 1660. The molecular weight excluding hydrogens is 601 g/mol. The lowest BCUT2D eigenvalue weighted by Gasteiger charge is -2.28. The zero-order valence-electron chi connectivity index (χ0n) is 22.1. The number of carbonyl (C=O) groups is 4. The second kappa shape index (κ2) is 12.7. The number of nitrogens with zero attached hydrogens (tertiary/aromatic N) is 3. The number of thiophene rings is 1. The Morgan fingerprint density at radius 3 is 2.62 bits per heavy atom. The molecule has 0 bridgehead atoms. The molecule has 0 saturated carbocycles. The maximum atomic E-state index is 13.7. The fourth-order valence-electron chi connectivity index (χ4n) is 4.37. The fraction of sp³-hybridized carbons (Fsp3) is 0.172. The molecule has 214 valence electrons. The van der Waals surface area contributed by atoms with E-state index in [-0.39, 0.29) is 53.4 Å². The first kappa shape index (κ1) is 29.2. The van der Waals surface area contributed by atoms with Crippen LogP contribution in [0.1, 0.15) is 48.6 Å². The van der Waals surface area contributed by atoms with Gasteiger partial charge in [0.1, 0.15) is 16.7 Å². The van der Waals surface area contributed by atoms with Gasteiger partial charge in [0.05, 0.1) is 32.8 Å². The molecule has 42 heavy (non-hydrogen) atoms. The molecule has 2 N–H and O–H groups in total. The first-order valence-corrected chi connectivity index (χ1v) is 14.3. The molecule has 1 unspecified atom stereocenters. The number of ether oxygens (including phenoxy) is 1. The van der Waals surface area contributed by atoms with Crippen molar-refractivity contribution in [1.29, 1.82) is 0 Å². The molecule has 1 atom stereocenters. The zero-order valence-corrected chi connectivity index (χ0v) is 24.4. The lowest BCUT2D eigenvalue weighted by Crippen LogP contribution is -2.46. The van der Waals surface area contributed by atoms with Crippen molar-refractivity contribution in [3.05, 3.63) is 104 Å². The Hall–Kier alpha value is -4.32. The van der Waals surface area contributed by atoms with Crippen molar-refractivity contribution in [2.24, 2.45) is 0 Å². The Morgan fingerprint density at radius 1 is 1.10 bits per heavy atom. The Labute approximate surface area is 254 Å². The van der Waals surface area contributed by atoms with Gasteiger partial charge in [0.15, 0.2) is 0 Å². The summed E-state index contributed by atoms with van der Waals surface area (Å²) in [7, 11) is 0. The molecule has 3 aromatic heterocycles. The third kappa shape index (κ3) is 6.43. The van der Waals surface area contributed by atoms with E-state index >= 15 is 0 Å². The summed E-state index contributed by atoms with van der Waals surface area (Å²) in [6, 6.07) is 13.8. The van der Waals surface area contributed by atoms with Gasteiger partial charge < -0.3 is 20.3 Å². The minimum atomic E-state index is -0.865. The van der Waals surface area contributed by atoms with E-state index in [0.29, 0.717) is 26.2 Å². The summed E-state index contributed by atoms with van der Waals surface area (Å²) in [6.07, 6.45) is 3.12. The maximum absolute atomic E-state index is 13.7. The molecule has 1 aliphatic rings. The molecule has 4 aromatic rings. The largest absolute Gasteiger partial charge is 0.462 e. The topological polar surface area (TPSA) is 131 Å². The highest BCUT2D eigenvalue weighted by atomic mass is 35.5. The van der Waals surface area contributed by atoms with E-state index in [4.69, 9.17) is 27.9 Å². The van der Waals surface area contributed by atoms with Crippen molar-refractivity contribution in [2.75, 3.05) is 17.2 Å². The highest BCUT2D eigenvalue weighted by molar-refractivity contribution is 7.18. The minimum Gasteiger partial charge on any atom is -0.462 e. The molecule has 0 radical (unpaired) electrons. The number of halogens is 2. The number of fused-ring (bicyclic) bond motifs is 1. The summed E-state index contributed by atoms with van der Waals surface area (Å²) < 4.78 is 5.31. The number of benzene rings is 1. The van der Waals surface area contributed by atoms with Crippen LogP contribution in [0.25, 0.3) is 0 Å². The van der Waals surface area contributed by atoms with E-state index in [1.54, 1.807) is 43.5 Å². The monoisotopic (exact) mass is 623 g/mol. The van der Waals surface area contributed by atoms with Crippen LogP contribution < -0.4 is 10.6 Å². The standard InChI is InChI=1S/C29H23Cl2N5O5S/c1-2-41-29(40)17-7-9-24(33-14-17)35-26(37)19-8-6-16(11-20(19)30)15-36-22(12-18-5-3-4-10-32-18)27(38)34-21-13-23(31)42-25(21)28(36)39/h3-11,13-14,22H,2,12,15H2,1H3,(H,34,38)(H,33,35,37). The molecule has 4 heterocycles. The van der Waals surface area contributed by atoms with Crippen molar-refractivity contribution in [3.63, 3.8) is 0 Å². The average molecular weight is 625 g/mol. The van der Waals surface area contributed by atoms with Gasteiger partial charge in [-0.15, -0.1) is 11.3 Å². The van der Waals surface area contributed by atoms with Crippen molar-refractivity contribution in [1.82, 2.24) is 14.9 Å². The van der Waals surface area contributed by atoms with Crippen LogP contribution in [0.2, 0.25) is 9.36 Å². The SMILES string of the molecule is CCOC(=O)c1ccc(NC(=O)c2ccc(CN3C(=O)c4sc(Cl)cc4NC(=O)C3Cc3ccccn3)cc2Cl)nc1. The van der Waals surface area contributed by atoms with Gasteiger partial charge in [-0.25, -0.2) is 9.78 Å². The van der Waals surface area contributed by atoms with Gasteiger partial charge in [0, 0.05) is 31.1 Å². The van der Waals surface area contributed by atoms with Crippen LogP contribution in [0, 0.1) is 0 Å². The van der Waals surface area contributed by atoms with Gasteiger partial charge in [-0.2, -0.15) is 0 Å². The second-order valence-electron chi connectivity index (χ2n) is 9.18. The van der Waals surface area contributed by atoms with Crippen LogP contribution in [0.15, 0.2) is 67.0 Å². The van der Waals surface area contributed by atoms with Crippen LogP contribution in [0.3, 0.4) is 0 Å². The fourth-order valence-corrected chi connectivity index (χ4v) is 5.79. The first-order valence-electron chi connectivity index (χ1n) is 12.8. The molecule has 1 aromatic carbocycles. The van der Waals surface area contributed by atoms with Gasteiger partial charge in [-0.3, -0.25) is 19.4 Å². The highest BCUT2D eigenvalue weighted by Gasteiger charge is 2.37. The molecule has 0 spiro atoms. The van der Waals surface area contributed by atoms with Gasteiger partial charge in [0.2, 0.25) is 5.91 Å².